The Bertz CT molecular complexity index is 3320. The van der Waals surface area contributed by atoms with Gasteiger partial charge >= 0.3 is 0 Å². The van der Waals surface area contributed by atoms with Gasteiger partial charge in [0.25, 0.3) is 0 Å². The Morgan fingerprint density at radius 2 is 0.914 bits per heavy atom. The van der Waals surface area contributed by atoms with Gasteiger partial charge in [-0.3, -0.25) is 0 Å². The van der Waals surface area contributed by atoms with Crippen LogP contribution in [0.2, 0.25) is 0 Å². The van der Waals surface area contributed by atoms with Gasteiger partial charge in [-0.15, -0.1) is 0 Å². The number of nitrogens with zero attached hydrogens (tertiary/aromatic N) is 2. The molecule has 8 aliphatic rings. The monoisotopic (exact) mass is 906 g/mol. The summed E-state index contributed by atoms with van der Waals surface area (Å²) in [7, 11) is 0. The summed E-state index contributed by atoms with van der Waals surface area (Å²) in [6, 6.07) is 72.8. The molecule has 8 aromatic rings. The van der Waals surface area contributed by atoms with Crippen molar-refractivity contribution < 1.29 is 0 Å². The van der Waals surface area contributed by atoms with Gasteiger partial charge < -0.3 is 9.80 Å². The van der Waals surface area contributed by atoms with Crippen LogP contribution >= 0.6 is 0 Å². The smallest absolute Gasteiger partial charge is 0.0505 e. The maximum absolute atomic E-state index is 2.77. The molecule has 344 valence electrons. The van der Waals surface area contributed by atoms with Crippen molar-refractivity contribution in [2.45, 2.75) is 94.3 Å². The number of benzene rings is 8. The van der Waals surface area contributed by atoms with Crippen molar-refractivity contribution in [1.29, 1.82) is 0 Å². The highest BCUT2D eigenvalue weighted by molar-refractivity contribution is 5.97. The van der Waals surface area contributed by atoms with Gasteiger partial charge in [-0.1, -0.05) is 147 Å². The SMILES string of the molecule is CC1(C)c2ccccc2-c2c(-c3ccccc3)cc(N(c3ccccc3)c3cccc4c3C35c6c(cccc6N(c6ccccc6)c6ccccc6C67CC8CC(CC(C8)C6)C7)CC3CCC5C4)cc21. The van der Waals surface area contributed by atoms with Crippen LogP contribution in [0.1, 0.15) is 104 Å². The molecule has 1 spiro atoms. The minimum atomic E-state index is -0.167. The zero-order chi connectivity index (χ0) is 46.3. The number of anilines is 6. The third-order valence-corrected chi connectivity index (χ3v) is 19.4. The molecular formula is C68H62N2. The van der Waals surface area contributed by atoms with E-state index in [1.165, 1.54) is 124 Å². The minimum Gasteiger partial charge on any atom is -0.310 e. The first-order chi connectivity index (χ1) is 34.4. The third-order valence-electron chi connectivity index (χ3n) is 19.4. The molecule has 70 heavy (non-hydrogen) atoms. The fourth-order valence-corrected chi connectivity index (χ4v) is 17.4. The fourth-order valence-electron chi connectivity index (χ4n) is 17.4. The predicted octanol–water partition coefficient (Wildman–Crippen LogP) is 17.5. The van der Waals surface area contributed by atoms with Crippen LogP contribution in [0.3, 0.4) is 0 Å². The Labute approximate surface area is 415 Å². The molecule has 5 saturated carbocycles. The van der Waals surface area contributed by atoms with Gasteiger partial charge in [0.2, 0.25) is 0 Å². The van der Waals surface area contributed by atoms with E-state index in [1.807, 2.05) is 0 Å². The Hall–Kier alpha value is -6.64. The Morgan fingerprint density at radius 3 is 1.53 bits per heavy atom. The van der Waals surface area contributed by atoms with Crippen LogP contribution in [0, 0.1) is 29.6 Å². The summed E-state index contributed by atoms with van der Waals surface area (Å²) in [5, 5.41) is 0. The molecule has 0 aromatic heterocycles. The van der Waals surface area contributed by atoms with E-state index in [1.54, 1.807) is 22.3 Å². The van der Waals surface area contributed by atoms with Gasteiger partial charge in [-0.05, 0) is 215 Å². The van der Waals surface area contributed by atoms with Crippen LogP contribution in [0.25, 0.3) is 22.3 Å². The maximum Gasteiger partial charge on any atom is 0.0505 e. The second-order valence-electron chi connectivity index (χ2n) is 23.4. The molecule has 16 rings (SSSR count). The molecular weight excluding hydrogens is 845 g/mol. The molecule has 2 nitrogen and oxygen atoms in total. The summed E-state index contributed by atoms with van der Waals surface area (Å²) < 4.78 is 0. The molecule has 4 bridgehead atoms. The number of para-hydroxylation sites is 3. The minimum absolute atomic E-state index is 0.137. The summed E-state index contributed by atoms with van der Waals surface area (Å²) in [4.78, 5) is 5.44. The van der Waals surface area contributed by atoms with E-state index in [2.05, 4.69) is 212 Å². The molecule has 0 radical (unpaired) electrons. The van der Waals surface area contributed by atoms with Crippen molar-refractivity contribution in [2.75, 3.05) is 9.80 Å². The average molecular weight is 907 g/mol. The lowest BCUT2D eigenvalue weighted by Gasteiger charge is -2.57. The van der Waals surface area contributed by atoms with Gasteiger partial charge in [-0.25, -0.2) is 0 Å². The fraction of sp³-hybridized carbons (Fsp3) is 0.294. The molecule has 3 atom stereocenters. The molecule has 5 fully saturated rings. The lowest BCUT2D eigenvalue weighted by Crippen LogP contribution is -2.49. The summed E-state index contributed by atoms with van der Waals surface area (Å²) in [5.41, 5.74) is 23.8. The van der Waals surface area contributed by atoms with Crippen LogP contribution in [0.4, 0.5) is 34.1 Å². The van der Waals surface area contributed by atoms with Crippen molar-refractivity contribution in [3.63, 3.8) is 0 Å². The first-order valence-electron chi connectivity index (χ1n) is 26.8. The van der Waals surface area contributed by atoms with Crippen LogP contribution in [-0.4, -0.2) is 0 Å². The number of hydrogen-bond donors (Lipinski definition) is 0. The molecule has 8 aliphatic carbocycles. The van der Waals surface area contributed by atoms with Crippen LogP contribution in [-0.2, 0) is 29.1 Å². The van der Waals surface area contributed by atoms with Crippen LogP contribution in [0.5, 0.6) is 0 Å². The molecule has 8 aromatic carbocycles. The maximum atomic E-state index is 2.77. The summed E-state index contributed by atoms with van der Waals surface area (Å²) in [6.07, 6.45) is 13.2. The first-order valence-corrected chi connectivity index (χ1v) is 26.8. The topological polar surface area (TPSA) is 6.48 Å². The molecule has 2 heteroatoms. The van der Waals surface area contributed by atoms with Crippen LogP contribution < -0.4 is 9.80 Å². The molecule has 0 N–H and O–H groups in total. The Morgan fingerprint density at radius 1 is 0.414 bits per heavy atom. The van der Waals surface area contributed by atoms with Crippen molar-refractivity contribution in [3.8, 4) is 22.3 Å². The lowest BCUT2D eigenvalue weighted by atomic mass is 9.48. The standard InChI is InChI=1S/C68H62N2/c1-66(2)57-27-13-12-26-55(57)63-56(47-18-6-3-7-19-47)39-54(40-59(63)66)69(52-22-8-4-9-23-52)61-30-16-20-48-37-50-32-33-51-38-49-21-17-31-62(65(49)68(50,51)64(48)61)70(53-24-10-5-11-25-53)60-29-15-14-28-58(60)67-41-44-34-45(42-67)36-46(35-44)43-67/h3-31,39-40,44-46,50-51H,32-38,41-43H2,1-2H3. The van der Waals surface area contributed by atoms with Gasteiger partial charge in [0.1, 0.15) is 0 Å². The first kappa shape index (κ1) is 41.2. The number of rotatable bonds is 8. The van der Waals surface area contributed by atoms with Gasteiger partial charge in [0, 0.05) is 33.6 Å². The van der Waals surface area contributed by atoms with E-state index < -0.39 is 0 Å². The third kappa shape index (κ3) is 5.74. The molecule has 0 amide bonds. The zero-order valence-corrected chi connectivity index (χ0v) is 40.8. The quantitative estimate of drug-likeness (QED) is 0.150. The van der Waals surface area contributed by atoms with Gasteiger partial charge in [0.15, 0.2) is 0 Å². The molecule has 3 unspecified atom stereocenters. The molecule has 0 aliphatic heterocycles. The average Bonchev–Trinajstić information content (AvgIpc) is 4.09. The van der Waals surface area contributed by atoms with E-state index in [4.69, 9.17) is 0 Å². The van der Waals surface area contributed by atoms with Crippen LogP contribution in [0.15, 0.2) is 188 Å². The van der Waals surface area contributed by atoms with Gasteiger partial charge in [0.05, 0.1) is 11.4 Å². The highest BCUT2D eigenvalue weighted by Crippen LogP contribution is 2.70. The van der Waals surface area contributed by atoms with E-state index >= 15 is 0 Å². The normalized spacial score (nSPS) is 26.5. The summed E-state index contributed by atoms with van der Waals surface area (Å²) >= 11 is 0. The van der Waals surface area contributed by atoms with Crippen molar-refractivity contribution in [1.82, 2.24) is 0 Å². The van der Waals surface area contributed by atoms with E-state index in [9.17, 15) is 0 Å². The highest BCUT2D eigenvalue weighted by Gasteiger charge is 2.62. The number of fused-ring (bicyclic) bond motifs is 5. The predicted molar refractivity (Wildman–Crippen MR) is 290 cm³/mol. The largest absolute Gasteiger partial charge is 0.310 e. The number of hydrogen-bond acceptors (Lipinski definition) is 2. The van der Waals surface area contributed by atoms with Crippen molar-refractivity contribution in [3.05, 3.63) is 227 Å². The van der Waals surface area contributed by atoms with E-state index in [-0.39, 0.29) is 16.2 Å². The summed E-state index contributed by atoms with van der Waals surface area (Å²) in [6.45, 7) is 4.87. The second-order valence-corrected chi connectivity index (χ2v) is 23.4. The van der Waals surface area contributed by atoms with Crippen molar-refractivity contribution >= 4 is 34.1 Å². The van der Waals surface area contributed by atoms with E-state index in [0.29, 0.717) is 11.8 Å². The van der Waals surface area contributed by atoms with Gasteiger partial charge in [-0.2, -0.15) is 0 Å². The molecule has 0 saturated heterocycles. The Balaban J connectivity index is 0.969. The van der Waals surface area contributed by atoms with Crippen molar-refractivity contribution in [2.24, 2.45) is 29.6 Å². The molecule has 0 heterocycles. The Kier molecular flexibility index (Phi) is 8.93. The highest BCUT2D eigenvalue weighted by atomic mass is 15.2. The zero-order valence-electron chi connectivity index (χ0n) is 40.8. The van der Waals surface area contributed by atoms with E-state index in [0.717, 1.165) is 30.6 Å². The lowest BCUT2D eigenvalue weighted by molar-refractivity contribution is -0.00491. The second kappa shape index (κ2) is 15.2. The summed E-state index contributed by atoms with van der Waals surface area (Å²) in [5.74, 6) is 3.68.